The number of hydrogen-bond donors (Lipinski definition) is 0. The van der Waals surface area contributed by atoms with Gasteiger partial charge >= 0.3 is 17.9 Å². The molecule has 0 rings (SSSR count). The minimum atomic E-state index is -0.854. The Morgan fingerprint density at radius 1 is 0.241 bits per heavy atom. The number of hydrogen-bond acceptors (Lipinski definition) is 6. The maximum Gasteiger partial charge on any atom is 0.306 e. The smallest absolute Gasteiger partial charge is 0.306 e. The lowest BCUT2D eigenvalue weighted by atomic mass is 10.1. The van der Waals surface area contributed by atoms with Gasteiger partial charge in [0.05, 0.1) is 0 Å². The number of allylic oxidation sites excluding steroid dienone is 34. The van der Waals surface area contributed by atoms with Crippen molar-refractivity contribution in [1.82, 2.24) is 0 Å². The number of ether oxygens (including phenoxy) is 3. The van der Waals surface area contributed by atoms with Gasteiger partial charge < -0.3 is 14.2 Å². The molecule has 0 bridgehead atoms. The molecule has 0 aliphatic carbocycles. The van der Waals surface area contributed by atoms with Crippen LogP contribution in [0.15, 0.2) is 207 Å². The third-order valence-electron chi connectivity index (χ3n) is 12.8. The van der Waals surface area contributed by atoms with Crippen LogP contribution in [-0.2, 0) is 28.6 Å². The molecule has 6 nitrogen and oxygen atoms in total. The van der Waals surface area contributed by atoms with E-state index >= 15 is 0 Å². The largest absolute Gasteiger partial charge is 0.462 e. The highest BCUT2D eigenvalue weighted by Crippen LogP contribution is 2.14. The first kappa shape index (κ1) is 77.0. The lowest BCUT2D eigenvalue weighted by molar-refractivity contribution is -0.166. The Morgan fingerprint density at radius 3 is 0.783 bits per heavy atom. The molecular weight excluding hydrogens is 1020 g/mol. The molecule has 1 unspecified atom stereocenters. The fraction of sp³-hybridized carbons (Fsp3) is 0.519. The van der Waals surface area contributed by atoms with Crippen molar-refractivity contribution >= 4 is 17.9 Å². The van der Waals surface area contributed by atoms with E-state index < -0.39 is 12.1 Å². The molecule has 83 heavy (non-hydrogen) atoms. The summed E-state index contributed by atoms with van der Waals surface area (Å²) in [4.78, 5) is 38.3. The Morgan fingerprint density at radius 2 is 0.470 bits per heavy atom. The highest BCUT2D eigenvalue weighted by Gasteiger charge is 2.19. The molecule has 0 aromatic rings. The Kier molecular flexibility index (Phi) is 63.5. The normalized spacial score (nSPS) is 13.5. The topological polar surface area (TPSA) is 78.9 Å². The van der Waals surface area contributed by atoms with Gasteiger partial charge in [-0.15, -0.1) is 0 Å². The van der Waals surface area contributed by atoms with E-state index in [-0.39, 0.29) is 38.0 Å². The summed E-state index contributed by atoms with van der Waals surface area (Å²) >= 11 is 0. The van der Waals surface area contributed by atoms with Crippen molar-refractivity contribution in [3.8, 4) is 0 Å². The predicted molar refractivity (Wildman–Crippen MR) is 361 cm³/mol. The number of carbonyl (C=O) groups is 3. The van der Waals surface area contributed by atoms with Gasteiger partial charge in [-0.1, -0.05) is 279 Å². The predicted octanol–water partition coefficient (Wildman–Crippen LogP) is 22.8. The average Bonchev–Trinajstić information content (AvgIpc) is 3.49. The van der Waals surface area contributed by atoms with Crippen LogP contribution in [0.3, 0.4) is 0 Å². The zero-order valence-electron chi connectivity index (χ0n) is 52.6. The van der Waals surface area contributed by atoms with Crippen LogP contribution in [0.4, 0.5) is 0 Å². The minimum Gasteiger partial charge on any atom is -0.462 e. The summed E-state index contributed by atoms with van der Waals surface area (Å²) in [7, 11) is 0. The van der Waals surface area contributed by atoms with Crippen LogP contribution in [0.5, 0.6) is 0 Å². The highest BCUT2D eigenvalue weighted by atomic mass is 16.6. The zero-order valence-corrected chi connectivity index (χ0v) is 52.6. The summed E-state index contributed by atoms with van der Waals surface area (Å²) in [6, 6.07) is 0. The van der Waals surface area contributed by atoms with E-state index in [1.54, 1.807) is 0 Å². The van der Waals surface area contributed by atoms with Crippen LogP contribution in [0.25, 0.3) is 0 Å². The molecular formula is C77H116O6. The van der Waals surface area contributed by atoms with E-state index in [0.717, 1.165) is 141 Å². The van der Waals surface area contributed by atoms with Crippen molar-refractivity contribution in [3.05, 3.63) is 207 Å². The SMILES string of the molecule is CC/C=C\C/C=C\C/C=C\C/C=C\C/C=C\C/C=C\C/C=C\CCCC(=O)OC(COC(=O)CC/C=C\C/C=C\C/C=C\C/C=C\CC)COC(=O)CCCCCCCCCCCC/C=C\C/C=C\C/C=C\C/C=C\C/C=C\C/C=C\CC. The van der Waals surface area contributed by atoms with Gasteiger partial charge in [-0.25, -0.2) is 0 Å². The molecule has 0 aliphatic heterocycles. The van der Waals surface area contributed by atoms with E-state index in [4.69, 9.17) is 14.2 Å². The van der Waals surface area contributed by atoms with E-state index in [1.807, 2.05) is 12.2 Å². The second-order valence-corrected chi connectivity index (χ2v) is 20.5. The van der Waals surface area contributed by atoms with Gasteiger partial charge in [0.2, 0.25) is 0 Å². The second-order valence-electron chi connectivity index (χ2n) is 20.5. The summed E-state index contributed by atoms with van der Waals surface area (Å²) in [5, 5.41) is 0. The molecule has 0 aromatic heterocycles. The third-order valence-corrected chi connectivity index (χ3v) is 12.8. The molecule has 1 atom stereocenters. The van der Waals surface area contributed by atoms with E-state index in [9.17, 15) is 14.4 Å². The van der Waals surface area contributed by atoms with Gasteiger partial charge in [-0.3, -0.25) is 14.4 Å². The fourth-order valence-corrected chi connectivity index (χ4v) is 8.04. The summed E-state index contributed by atoms with van der Waals surface area (Å²) in [5.74, 6) is -1.10. The number of rotatable bonds is 56. The Bertz CT molecular complexity index is 2030. The van der Waals surface area contributed by atoms with Gasteiger partial charge in [0.15, 0.2) is 6.10 Å². The van der Waals surface area contributed by atoms with E-state index in [0.29, 0.717) is 19.3 Å². The van der Waals surface area contributed by atoms with Gasteiger partial charge in [-0.2, -0.15) is 0 Å². The number of esters is 3. The molecule has 460 valence electrons. The second kappa shape index (κ2) is 68.5. The number of carbonyl (C=O) groups excluding carboxylic acids is 3. The molecule has 0 aromatic carbocycles. The summed E-state index contributed by atoms with van der Waals surface area (Å²) in [6.07, 6.45) is 106. The van der Waals surface area contributed by atoms with Crippen molar-refractivity contribution in [2.24, 2.45) is 0 Å². The molecule has 0 saturated carbocycles. The van der Waals surface area contributed by atoms with Gasteiger partial charge in [0.1, 0.15) is 13.2 Å². The van der Waals surface area contributed by atoms with Crippen LogP contribution in [0.1, 0.15) is 239 Å². The molecule has 0 amide bonds. The van der Waals surface area contributed by atoms with Crippen molar-refractivity contribution in [2.75, 3.05) is 13.2 Å². The zero-order chi connectivity index (χ0) is 59.9. The highest BCUT2D eigenvalue weighted by molar-refractivity contribution is 5.71. The van der Waals surface area contributed by atoms with Crippen LogP contribution >= 0.6 is 0 Å². The van der Waals surface area contributed by atoms with Crippen LogP contribution in [0, 0.1) is 0 Å². The standard InChI is InChI=1S/C77H116O6/c1-4-7-10-13-16-19-22-25-27-29-31-33-35-36-37-38-39-40-42-43-45-47-49-52-55-58-61-64-67-70-76(79)82-73-74(72-81-75(78)69-66-63-60-57-54-51-24-21-18-15-12-9-6-3)83-77(80)71-68-65-62-59-56-53-50-48-46-44-41-34-32-30-28-26-23-20-17-14-11-8-5-2/h7-12,16-21,25-28,31-34,36-37,39-40,44,46,50-51,53-54,59-60,62-63,74H,4-6,13-15,22-24,29-30,35,38,41-43,45,47-49,52,55-58,61,64-73H2,1-3H3/b10-7-,11-8-,12-9-,19-16-,20-17-,21-18-,27-25-,28-26-,33-31-,34-32-,37-36-,40-39-,46-44-,53-50-,54-51-,62-59-,63-60-. The summed E-state index contributed by atoms with van der Waals surface area (Å²) in [6.45, 7) is 6.16. The Labute approximate surface area is 509 Å². The van der Waals surface area contributed by atoms with E-state index in [2.05, 4.69) is 215 Å². The number of unbranched alkanes of at least 4 members (excludes halogenated alkanes) is 11. The quantitative estimate of drug-likeness (QED) is 0.0261. The lowest BCUT2D eigenvalue weighted by Crippen LogP contribution is -2.30. The molecule has 0 N–H and O–H groups in total. The average molecular weight is 1140 g/mol. The molecule has 0 saturated heterocycles. The first-order chi connectivity index (χ1) is 41.0. The maximum absolute atomic E-state index is 12.9. The maximum atomic E-state index is 12.9. The first-order valence-electron chi connectivity index (χ1n) is 32.6. The third kappa shape index (κ3) is 66.7. The molecule has 0 heterocycles. The van der Waals surface area contributed by atoms with Crippen molar-refractivity contribution < 1.29 is 28.6 Å². The lowest BCUT2D eigenvalue weighted by Gasteiger charge is -2.18. The molecule has 0 spiro atoms. The van der Waals surface area contributed by atoms with E-state index in [1.165, 1.54) is 44.9 Å². The van der Waals surface area contributed by atoms with Crippen molar-refractivity contribution in [3.63, 3.8) is 0 Å². The van der Waals surface area contributed by atoms with Crippen LogP contribution in [0.2, 0.25) is 0 Å². The Hall–Kier alpha value is -6.01. The van der Waals surface area contributed by atoms with Crippen LogP contribution in [-0.4, -0.2) is 37.2 Å². The van der Waals surface area contributed by atoms with Gasteiger partial charge in [0, 0.05) is 19.3 Å². The van der Waals surface area contributed by atoms with Crippen molar-refractivity contribution in [1.29, 1.82) is 0 Å². The summed E-state index contributed by atoms with van der Waals surface area (Å²) < 4.78 is 16.8. The fourth-order valence-electron chi connectivity index (χ4n) is 8.04. The van der Waals surface area contributed by atoms with Crippen molar-refractivity contribution in [2.45, 2.75) is 245 Å². The molecule has 0 fully saturated rings. The Balaban J connectivity index is 4.49. The van der Waals surface area contributed by atoms with Gasteiger partial charge in [-0.05, 0) is 148 Å². The molecule has 6 heteroatoms. The molecule has 0 aliphatic rings. The van der Waals surface area contributed by atoms with Gasteiger partial charge in [0.25, 0.3) is 0 Å². The summed E-state index contributed by atoms with van der Waals surface area (Å²) in [5.41, 5.74) is 0. The van der Waals surface area contributed by atoms with Crippen LogP contribution < -0.4 is 0 Å². The molecule has 0 radical (unpaired) electrons. The minimum absolute atomic E-state index is 0.137. The first-order valence-corrected chi connectivity index (χ1v) is 32.6. The monoisotopic (exact) mass is 1140 g/mol.